The second-order valence-electron chi connectivity index (χ2n) is 5.62. The van der Waals surface area contributed by atoms with E-state index in [0.29, 0.717) is 5.56 Å². The Morgan fingerprint density at radius 1 is 1.39 bits per heavy atom. The van der Waals surface area contributed by atoms with Gasteiger partial charge in [-0.1, -0.05) is 12.2 Å². The van der Waals surface area contributed by atoms with Crippen LogP contribution in [0.1, 0.15) is 36.7 Å². The third-order valence-electron chi connectivity index (χ3n) is 2.54. The molecule has 0 atom stereocenters. The minimum Gasteiger partial charge on any atom is -0.478 e. The van der Waals surface area contributed by atoms with Gasteiger partial charge in [0.1, 0.15) is 5.60 Å². The average Bonchev–Trinajstić information content (AvgIpc) is 2.41. The number of carboxylic acid groups (broad SMARTS) is 1. The van der Waals surface area contributed by atoms with Crippen LogP contribution < -0.4 is 5.32 Å². The zero-order valence-corrected chi connectivity index (χ0v) is 13.0. The molecule has 0 aliphatic heterocycles. The molecule has 8 heteroatoms. The normalized spacial score (nSPS) is 11.3. The van der Waals surface area contributed by atoms with E-state index in [4.69, 9.17) is 9.84 Å². The number of carbonyl (C=O) groups excluding carboxylic acids is 1. The third kappa shape index (κ3) is 6.16. The van der Waals surface area contributed by atoms with Gasteiger partial charge in [-0.05, 0) is 32.4 Å². The van der Waals surface area contributed by atoms with Gasteiger partial charge in [0, 0.05) is 18.7 Å². The van der Waals surface area contributed by atoms with Gasteiger partial charge in [-0.15, -0.1) is 0 Å². The first-order chi connectivity index (χ1) is 10.6. The summed E-state index contributed by atoms with van der Waals surface area (Å²) in [5.74, 6) is -1.27. The molecule has 0 radical (unpaired) electrons. The van der Waals surface area contributed by atoms with Gasteiger partial charge in [0.25, 0.3) is 5.69 Å². The van der Waals surface area contributed by atoms with Crippen molar-refractivity contribution in [3.63, 3.8) is 0 Å². The first kappa shape index (κ1) is 18.1. The maximum Gasteiger partial charge on any atom is 0.407 e. The zero-order valence-electron chi connectivity index (χ0n) is 13.0. The van der Waals surface area contributed by atoms with Crippen LogP contribution in [0.3, 0.4) is 0 Å². The molecule has 8 nitrogen and oxygen atoms in total. The van der Waals surface area contributed by atoms with Crippen molar-refractivity contribution in [1.29, 1.82) is 0 Å². The number of nitrogens with one attached hydrogen (secondary N) is 1. The highest BCUT2D eigenvalue weighted by molar-refractivity contribution is 5.93. The number of hydrogen-bond donors (Lipinski definition) is 2. The molecule has 0 spiro atoms. The molecule has 1 aromatic rings. The third-order valence-corrected chi connectivity index (χ3v) is 2.54. The highest BCUT2D eigenvalue weighted by Crippen LogP contribution is 2.19. The quantitative estimate of drug-likeness (QED) is 0.635. The van der Waals surface area contributed by atoms with Gasteiger partial charge >= 0.3 is 12.1 Å². The highest BCUT2D eigenvalue weighted by Gasteiger charge is 2.16. The van der Waals surface area contributed by atoms with Gasteiger partial charge in [-0.2, -0.15) is 0 Å². The number of amides is 1. The molecule has 1 rings (SSSR count). The highest BCUT2D eigenvalue weighted by atomic mass is 16.6. The van der Waals surface area contributed by atoms with Gasteiger partial charge in [0.05, 0.1) is 10.5 Å². The number of aromatic carboxylic acids is 1. The maximum atomic E-state index is 11.4. The number of carboxylic acids is 1. The van der Waals surface area contributed by atoms with E-state index >= 15 is 0 Å². The van der Waals surface area contributed by atoms with Crippen LogP contribution >= 0.6 is 0 Å². The lowest BCUT2D eigenvalue weighted by molar-refractivity contribution is -0.384. The lowest BCUT2D eigenvalue weighted by Gasteiger charge is -2.19. The summed E-state index contributed by atoms with van der Waals surface area (Å²) in [6.07, 6.45) is 2.39. The number of rotatable bonds is 5. The van der Waals surface area contributed by atoms with Crippen LogP contribution in [0.5, 0.6) is 0 Å². The Bertz CT molecular complexity index is 646. The van der Waals surface area contributed by atoms with Crippen molar-refractivity contribution in [2.24, 2.45) is 0 Å². The van der Waals surface area contributed by atoms with Gasteiger partial charge in [-0.3, -0.25) is 10.1 Å². The molecule has 0 aromatic heterocycles. The minimum absolute atomic E-state index is 0.130. The topological polar surface area (TPSA) is 119 Å². The van der Waals surface area contributed by atoms with Crippen molar-refractivity contribution in [2.75, 3.05) is 6.54 Å². The van der Waals surface area contributed by atoms with Crippen molar-refractivity contribution in [3.05, 3.63) is 45.5 Å². The predicted molar refractivity (Wildman–Crippen MR) is 83.3 cm³/mol. The summed E-state index contributed by atoms with van der Waals surface area (Å²) in [7, 11) is 0. The largest absolute Gasteiger partial charge is 0.478 e. The molecule has 0 saturated carbocycles. The minimum atomic E-state index is -1.27. The zero-order chi connectivity index (χ0) is 17.6. The smallest absolute Gasteiger partial charge is 0.407 e. The van der Waals surface area contributed by atoms with Crippen molar-refractivity contribution in [1.82, 2.24) is 5.32 Å². The number of nitro benzene ring substituents is 1. The monoisotopic (exact) mass is 322 g/mol. The number of non-ortho nitro benzene ring substituents is 1. The second-order valence-corrected chi connectivity index (χ2v) is 5.62. The molecule has 124 valence electrons. The average molecular weight is 322 g/mol. The Labute approximate surface area is 132 Å². The number of ether oxygens (including phenoxy) is 1. The summed E-state index contributed by atoms with van der Waals surface area (Å²) >= 11 is 0. The van der Waals surface area contributed by atoms with E-state index in [1.807, 2.05) is 0 Å². The van der Waals surface area contributed by atoms with Crippen LogP contribution in [0.15, 0.2) is 24.3 Å². The van der Waals surface area contributed by atoms with Crippen molar-refractivity contribution in [2.45, 2.75) is 26.4 Å². The van der Waals surface area contributed by atoms with Crippen molar-refractivity contribution >= 4 is 23.8 Å². The Hall–Kier alpha value is -2.90. The molecule has 0 heterocycles. The van der Waals surface area contributed by atoms with E-state index in [-0.39, 0.29) is 17.8 Å². The summed E-state index contributed by atoms with van der Waals surface area (Å²) in [6, 6.07) is 3.54. The van der Waals surface area contributed by atoms with Crippen LogP contribution in [0.4, 0.5) is 10.5 Å². The summed E-state index contributed by atoms with van der Waals surface area (Å²) < 4.78 is 5.04. The first-order valence-corrected chi connectivity index (χ1v) is 6.75. The molecule has 2 N–H and O–H groups in total. The summed E-state index contributed by atoms with van der Waals surface area (Å²) in [6.45, 7) is 5.33. The molecular formula is C15H18N2O6. The van der Waals surface area contributed by atoms with E-state index < -0.39 is 22.6 Å². The fraction of sp³-hybridized carbons (Fsp3) is 0.333. The Morgan fingerprint density at radius 2 is 2.04 bits per heavy atom. The molecule has 0 fully saturated rings. The van der Waals surface area contributed by atoms with E-state index in [2.05, 4.69) is 5.32 Å². The number of hydrogen-bond acceptors (Lipinski definition) is 5. The first-order valence-electron chi connectivity index (χ1n) is 6.75. The lowest BCUT2D eigenvalue weighted by Crippen LogP contribution is -2.32. The second kappa shape index (κ2) is 7.39. The number of nitrogens with zero attached hydrogens (tertiary/aromatic N) is 1. The van der Waals surface area contributed by atoms with Crippen molar-refractivity contribution < 1.29 is 24.4 Å². The molecule has 1 aromatic carbocycles. The number of nitro groups is 1. The van der Waals surface area contributed by atoms with Crippen molar-refractivity contribution in [3.8, 4) is 0 Å². The van der Waals surface area contributed by atoms with E-state index in [1.165, 1.54) is 24.3 Å². The Morgan fingerprint density at radius 3 is 2.57 bits per heavy atom. The summed E-state index contributed by atoms with van der Waals surface area (Å²) in [4.78, 5) is 32.6. The van der Waals surface area contributed by atoms with E-state index in [1.54, 1.807) is 20.8 Å². The van der Waals surface area contributed by atoms with E-state index in [9.17, 15) is 19.7 Å². The fourth-order valence-electron chi connectivity index (χ4n) is 1.63. The van der Waals surface area contributed by atoms with Crippen LogP contribution in [0.25, 0.3) is 6.08 Å². The molecule has 0 aliphatic carbocycles. The standard InChI is InChI=1S/C15H18N2O6/c1-15(2,3)23-14(20)16-8-4-5-10-6-7-11(17(21)22)9-12(10)13(18)19/h4-7,9H,8H2,1-3H3,(H,16,20)(H,18,19). The Kier molecular flexibility index (Phi) is 5.83. The van der Waals surface area contributed by atoms with Crippen LogP contribution in [-0.2, 0) is 4.74 Å². The van der Waals surface area contributed by atoms with Crippen LogP contribution in [0, 0.1) is 10.1 Å². The predicted octanol–water partition coefficient (Wildman–Crippen LogP) is 2.83. The molecule has 0 unspecified atom stereocenters. The van der Waals surface area contributed by atoms with Gasteiger partial charge in [0.2, 0.25) is 0 Å². The lowest BCUT2D eigenvalue weighted by atomic mass is 10.1. The van der Waals surface area contributed by atoms with Gasteiger partial charge in [-0.25, -0.2) is 9.59 Å². The van der Waals surface area contributed by atoms with E-state index in [0.717, 1.165) is 6.07 Å². The van der Waals surface area contributed by atoms with Crippen LogP contribution in [-0.4, -0.2) is 34.2 Å². The Balaban J connectivity index is 2.75. The molecule has 0 aliphatic rings. The van der Waals surface area contributed by atoms with Gasteiger partial charge in [0.15, 0.2) is 0 Å². The number of carbonyl (C=O) groups is 2. The van der Waals surface area contributed by atoms with Gasteiger partial charge < -0.3 is 15.2 Å². The SMILES string of the molecule is CC(C)(C)OC(=O)NCC=Cc1ccc([N+](=O)[O-])cc1C(=O)O. The molecule has 1 amide bonds. The fourth-order valence-corrected chi connectivity index (χ4v) is 1.63. The summed E-state index contributed by atoms with van der Waals surface area (Å²) in [5.41, 5.74) is -0.795. The molecule has 0 bridgehead atoms. The summed E-state index contributed by atoms with van der Waals surface area (Å²) in [5, 5.41) is 22.3. The molecule has 23 heavy (non-hydrogen) atoms. The molecular weight excluding hydrogens is 304 g/mol. The number of benzene rings is 1. The maximum absolute atomic E-state index is 11.4. The number of alkyl carbamates (subject to hydrolysis) is 1. The molecule has 0 saturated heterocycles. The van der Waals surface area contributed by atoms with Crippen LogP contribution in [0.2, 0.25) is 0 Å².